The van der Waals surface area contributed by atoms with Crippen LogP contribution in [0.2, 0.25) is 0 Å². The number of carbonyl (C=O) groups is 5. The topological polar surface area (TPSA) is 141 Å². The Balaban J connectivity index is 1.80. The average Bonchev–Trinajstić information content (AvgIpc) is 2.94. The van der Waals surface area contributed by atoms with Crippen LogP contribution >= 0.6 is 0 Å². The van der Waals surface area contributed by atoms with Crippen molar-refractivity contribution in [3.05, 3.63) is 12.2 Å². The van der Waals surface area contributed by atoms with Crippen molar-refractivity contribution in [1.29, 1.82) is 0 Å². The van der Waals surface area contributed by atoms with Crippen molar-refractivity contribution in [1.82, 2.24) is 9.96 Å². The maximum Gasteiger partial charge on any atom is 0.333 e. The Bertz CT molecular complexity index is 625. The maximum atomic E-state index is 11.6. The van der Waals surface area contributed by atoms with Crippen molar-refractivity contribution in [3.8, 4) is 0 Å². The van der Waals surface area contributed by atoms with Gasteiger partial charge in [-0.3, -0.25) is 28.3 Å². The fraction of sp³-hybridized carbons (Fsp3) is 0.417. The summed E-state index contributed by atoms with van der Waals surface area (Å²) < 4.78 is 21.5. The van der Waals surface area contributed by atoms with Crippen LogP contribution in [-0.2, 0) is 39.9 Å². The van der Waals surface area contributed by atoms with E-state index in [4.69, 9.17) is 0 Å². The van der Waals surface area contributed by atoms with Crippen molar-refractivity contribution in [2.24, 2.45) is 0 Å². The first-order chi connectivity index (χ1) is 10.8. The monoisotopic (exact) mass is 343 g/mol. The Kier molecular flexibility index (Phi) is 5.01. The zero-order chi connectivity index (χ0) is 17.1. The number of amides is 4. The summed E-state index contributed by atoms with van der Waals surface area (Å²) in [5, 5.41) is -1.42. The summed E-state index contributed by atoms with van der Waals surface area (Å²) in [5.41, 5.74) is 0. The van der Waals surface area contributed by atoms with Gasteiger partial charge >= 0.3 is 5.97 Å². The molecule has 0 aliphatic carbocycles. The van der Waals surface area contributed by atoms with E-state index in [2.05, 4.69) is 4.84 Å². The van der Waals surface area contributed by atoms with Crippen LogP contribution in [0.15, 0.2) is 12.2 Å². The largest absolute Gasteiger partial charge is 0.772 e. The molecular formula is C12H11N2O8S-. The lowest BCUT2D eigenvalue weighted by Gasteiger charge is -2.16. The first kappa shape index (κ1) is 17.0. The lowest BCUT2D eigenvalue weighted by atomic mass is 10.3. The van der Waals surface area contributed by atoms with Crippen molar-refractivity contribution in [3.63, 3.8) is 0 Å². The van der Waals surface area contributed by atoms with Gasteiger partial charge < -0.3 is 9.39 Å². The third kappa shape index (κ3) is 3.68. The molecule has 0 radical (unpaired) electrons. The number of hydroxylamine groups is 2. The molecule has 2 heterocycles. The van der Waals surface area contributed by atoms with Crippen LogP contribution in [0.25, 0.3) is 0 Å². The molecule has 2 aliphatic heterocycles. The molecule has 0 saturated carbocycles. The second kappa shape index (κ2) is 6.79. The molecule has 0 aromatic rings. The number of rotatable bonds is 6. The minimum absolute atomic E-state index is 0.0190. The fourth-order valence-corrected chi connectivity index (χ4v) is 2.55. The summed E-state index contributed by atoms with van der Waals surface area (Å²) in [6, 6.07) is 0. The normalized spacial score (nSPS) is 22.2. The standard InChI is InChI=1S/C12H12N2O8S/c15-8-3-4-9(16)13(8)5-1-2-11(18)22-14-10(17)6-7(12(14)19)23(20)21/h3-4,7H,1-2,5-6H2,(H,20,21)/p-1. The predicted octanol–water partition coefficient (Wildman–Crippen LogP) is -1.84. The van der Waals surface area contributed by atoms with E-state index in [1.807, 2.05) is 0 Å². The van der Waals surface area contributed by atoms with Crippen LogP contribution in [0.1, 0.15) is 19.3 Å². The molecule has 2 rings (SSSR count). The number of imide groups is 2. The van der Waals surface area contributed by atoms with Crippen LogP contribution in [0.5, 0.6) is 0 Å². The number of hydrogen-bond acceptors (Lipinski definition) is 8. The highest BCUT2D eigenvalue weighted by Crippen LogP contribution is 2.18. The maximum absolute atomic E-state index is 11.6. The quantitative estimate of drug-likeness (QED) is 0.404. The van der Waals surface area contributed by atoms with E-state index < -0.39 is 52.3 Å². The van der Waals surface area contributed by atoms with Crippen molar-refractivity contribution < 1.29 is 37.6 Å². The number of nitrogens with zero attached hydrogens (tertiary/aromatic N) is 2. The molecule has 0 aromatic carbocycles. The van der Waals surface area contributed by atoms with Crippen LogP contribution < -0.4 is 0 Å². The third-order valence-corrected chi connectivity index (χ3v) is 3.98. The van der Waals surface area contributed by atoms with Gasteiger partial charge in [-0.05, 0) is 17.5 Å². The van der Waals surface area contributed by atoms with Crippen LogP contribution in [0.3, 0.4) is 0 Å². The van der Waals surface area contributed by atoms with Gasteiger partial charge in [-0.1, -0.05) is 0 Å². The molecule has 2 atom stereocenters. The molecule has 1 saturated heterocycles. The third-order valence-electron chi connectivity index (χ3n) is 3.15. The van der Waals surface area contributed by atoms with E-state index in [1.54, 1.807) is 0 Å². The SMILES string of the molecule is O=C(CCCN1C(=O)C=CC1=O)ON1C(=O)CC(S(=O)[O-])C1=O. The molecule has 0 bridgehead atoms. The molecule has 4 amide bonds. The van der Waals surface area contributed by atoms with E-state index in [0.717, 1.165) is 17.1 Å². The zero-order valence-electron chi connectivity index (χ0n) is 11.6. The van der Waals surface area contributed by atoms with E-state index in [-0.39, 0.29) is 24.4 Å². The highest BCUT2D eigenvalue weighted by atomic mass is 32.2. The fourth-order valence-electron chi connectivity index (χ4n) is 2.01. The summed E-state index contributed by atoms with van der Waals surface area (Å²) in [6.45, 7) is -0.0190. The van der Waals surface area contributed by atoms with Crippen LogP contribution in [-0.4, -0.2) is 60.1 Å². The van der Waals surface area contributed by atoms with Gasteiger partial charge in [0.15, 0.2) is 0 Å². The second-order valence-corrected chi connectivity index (χ2v) is 5.80. The Morgan fingerprint density at radius 2 is 1.87 bits per heavy atom. The van der Waals surface area contributed by atoms with Crippen LogP contribution in [0, 0.1) is 0 Å². The molecule has 2 aliphatic rings. The van der Waals surface area contributed by atoms with Crippen molar-refractivity contribution in [2.75, 3.05) is 6.54 Å². The minimum Gasteiger partial charge on any atom is -0.772 e. The molecule has 11 heteroatoms. The Hall–Kier alpha value is -2.40. The Morgan fingerprint density at radius 1 is 1.26 bits per heavy atom. The summed E-state index contributed by atoms with van der Waals surface area (Å²) in [7, 11) is 0. The van der Waals surface area contributed by atoms with Crippen molar-refractivity contribution in [2.45, 2.75) is 24.5 Å². The summed E-state index contributed by atoms with van der Waals surface area (Å²) >= 11 is -2.78. The molecule has 0 spiro atoms. The first-order valence-corrected chi connectivity index (χ1v) is 7.64. The molecule has 124 valence electrons. The molecular weight excluding hydrogens is 332 g/mol. The first-order valence-electron chi connectivity index (χ1n) is 6.50. The van der Waals surface area contributed by atoms with Gasteiger partial charge in [-0.15, -0.1) is 5.06 Å². The molecule has 23 heavy (non-hydrogen) atoms. The van der Waals surface area contributed by atoms with Gasteiger partial charge in [0.1, 0.15) is 5.25 Å². The van der Waals surface area contributed by atoms with Gasteiger partial charge in [-0.2, -0.15) is 0 Å². The summed E-state index contributed by atoms with van der Waals surface area (Å²) in [4.78, 5) is 62.6. The van der Waals surface area contributed by atoms with E-state index in [0.29, 0.717) is 0 Å². The van der Waals surface area contributed by atoms with Gasteiger partial charge in [-0.25, -0.2) is 4.79 Å². The number of carbonyl (C=O) groups excluding carboxylic acids is 5. The summed E-state index contributed by atoms with van der Waals surface area (Å²) in [5.74, 6) is -3.98. The van der Waals surface area contributed by atoms with Gasteiger partial charge in [0, 0.05) is 25.1 Å². The predicted molar refractivity (Wildman–Crippen MR) is 70.4 cm³/mol. The van der Waals surface area contributed by atoms with Crippen molar-refractivity contribution >= 4 is 40.7 Å². The Labute approximate surface area is 132 Å². The van der Waals surface area contributed by atoms with Gasteiger partial charge in [0.2, 0.25) is 0 Å². The van der Waals surface area contributed by atoms with Crippen LogP contribution in [0.4, 0.5) is 0 Å². The molecule has 10 nitrogen and oxygen atoms in total. The Morgan fingerprint density at radius 3 is 2.39 bits per heavy atom. The smallest absolute Gasteiger partial charge is 0.333 e. The van der Waals surface area contributed by atoms with Gasteiger partial charge in [0.25, 0.3) is 23.6 Å². The number of hydrogen-bond donors (Lipinski definition) is 0. The van der Waals surface area contributed by atoms with E-state index >= 15 is 0 Å². The molecule has 1 fully saturated rings. The zero-order valence-corrected chi connectivity index (χ0v) is 12.4. The van der Waals surface area contributed by atoms with Gasteiger partial charge in [0.05, 0.1) is 6.42 Å². The van der Waals surface area contributed by atoms with E-state index in [9.17, 15) is 32.7 Å². The van der Waals surface area contributed by atoms with E-state index in [1.165, 1.54) is 0 Å². The lowest BCUT2D eigenvalue weighted by molar-refractivity contribution is -0.197. The molecule has 0 aromatic heterocycles. The highest BCUT2D eigenvalue weighted by Gasteiger charge is 2.42. The minimum atomic E-state index is -2.78. The second-order valence-electron chi connectivity index (χ2n) is 4.71. The molecule has 0 N–H and O–H groups in total. The molecule has 2 unspecified atom stereocenters. The highest BCUT2D eigenvalue weighted by molar-refractivity contribution is 7.80. The average molecular weight is 343 g/mol. The summed E-state index contributed by atoms with van der Waals surface area (Å²) in [6.07, 6.45) is 1.44. The lowest BCUT2D eigenvalue weighted by Crippen LogP contribution is -2.36.